The minimum Gasteiger partial charge on any atom is -0.309 e. The Balaban J connectivity index is 0.954. The molecule has 0 radical (unpaired) electrons. The Bertz CT molecular complexity index is 3850. The van der Waals surface area contributed by atoms with E-state index in [0.717, 1.165) is 33.5 Å². The SMILES string of the molecule is c1ccc([Si](c2ccccc2)(c2ccccc2)c2ccc(-c3nc(-c4ccc(-n5c6ccccc6c6ccccc65)cc4)nc(-c4cccc(-c5ccc6sc7ccccc7c6c5)c4)n3)cc2)cc1. The lowest BCUT2D eigenvalue weighted by atomic mass is 10.0. The summed E-state index contributed by atoms with van der Waals surface area (Å²) in [7, 11) is -2.74. The first-order chi connectivity index (χ1) is 34.2. The Morgan fingerprint density at radius 3 is 1.29 bits per heavy atom. The summed E-state index contributed by atoms with van der Waals surface area (Å²) in [4.78, 5) is 15.8. The zero-order valence-electron chi connectivity index (χ0n) is 37.4. The van der Waals surface area contributed by atoms with Gasteiger partial charge in [0.2, 0.25) is 0 Å². The second kappa shape index (κ2) is 17.0. The Morgan fingerprint density at radius 1 is 0.290 bits per heavy atom. The van der Waals surface area contributed by atoms with E-state index in [1.54, 1.807) is 0 Å². The number of fused-ring (bicyclic) bond motifs is 6. The van der Waals surface area contributed by atoms with Crippen molar-refractivity contribution < 1.29 is 0 Å². The van der Waals surface area contributed by atoms with E-state index in [4.69, 9.17) is 15.0 Å². The Hall–Kier alpha value is -8.55. The molecule has 0 amide bonds. The van der Waals surface area contributed by atoms with E-state index in [1.807, 2.05) is 11.3 Å². The van der Waals surface area contributed by atoms with Gasteiger partial charge in [-0.2, -0.15) is 0 Å². The minimum atomic E-state index is -2.74. The van der Waals surface area contributed by atoms with E-state index in [-0.39, 0.29) is 0 Å². The molecule has 3 aromatic heterocycles. The fraction of sp³-hybridized carbons (Fsp3) is 0. The van der Waals surface area contributed by atoms with Gasteiger partial charge in [0, 0.05) is 53.3 Å². The Kier molecular flexibility index (Phi) is 10.00. The minimum absolute atomic E-state index is 0.617. The van der Waals surface area contributed by atoms with Crippen LogP contribution in [0.15, 0.2) is 255 Å². The number of thiophene rings is 1. The summed E-state index contributed by atoms with van der Waals surface area (Å²) in [5.41, 5.74) is 8.44. The molecule has 324 valence electrons. The first-order valence-corrected chi connectivity index (χ1v) is 26.2. The van der Waals surface area contributed by atoms with Crippen molar-refractivity contribution in [2.45, 2.75) is 0 Å². The van der Waals surface area contributed by atoms with Gasteiger partial charge in [-0.25, -0.2) is 15.0 Å². The van der Waals surface area contributed by atoms with Gasteiger partial charge in [-0.1, -0.05) is 194 Å². The molecule has 0 spiro atoms. The molecule has 0 saturated carbocycles. The smallest absolute Gasteiger partial charge is 0.179 e. The van der Waals surface area contributed by atoms with E-state index < -0.39 is 8.07 Å². The fourth-order valence-corrected chi connectivity index (χ4v) is 16.2. The van der Waals surface area contributed by atoms with Gasteiger partial charge in [-0.3, -0.25) is 0 Å². The molecule has 0 fully saturated rings. The van der Waals surface area contributed by atoms with E-state index in [2.05, 4.69) is 259 Å². The van der Waals surface area contributed by atoms with Crippen molar-refractivity contribution in [3.05, 3.63) is 255 Å². The molecule has 4 nitrogen and oxygen atoms in total. The molecule has 69 heavy (non-hydrogen) atoms. The highest BCUT2D eigenvalue weighted by molar-refractivity contribution is 7.25. The second-order valence-electron chi connectivity index (χ2n) is 17.5. The quantitative estimate of drug-likeness (QED) is 0.107. The lowest BCUT2D eigenvalue weighted by Crippen LogP contribution is -2.74. The predicted octanol–water partition coefficient (Wildman–Crippen LogP) is 13.4. The molecule has 10 aromatic carbocycles. The zero-order valence-corrected chi connectivity index (χ0v) is 39.3. The van der Waals surface area contributed by atoms with Crippen LogP contribution in [0.4, 0.5) is 0 Å². The average molecular weight is 915 g/mol. The Morgan fingerprint density at radius 2 is 0.710 bits per heavy atom. The van der Waals surface area contributed by atoms with Crippen LogP contribution >= 0.6 is 11.3 Å². The lowest BCUT2D eigenvalue weighted by Gasteiger charge is -2.34. The number of hydrogen-bond donors (Lipinski definition) is 0. The third-order valence-corrected chi connectivity index (χ3v) is 19.6. The standard InChI is InChI=1S/C63H42N4SSi/c1-4-19-49(20-5-1)69(50-21-6-2-7-22-50,51-23-8-3-9-24-51)52-38-33-44(34-39-52)62-64-61(43-31-36-48(37-32-43)67-57-28-13-10-25-53(57)54-26-11-14-29-58(54)67)65-63(66-62)47-18-16-17-45(41-47)46-35-40-60-56(42-46)55-27-12-15-30-59(55)68-60/h1-42H. The molecule has 0 saturated heterocycles. The van der Waals surface area contributed by atoms with Crippen LogP contribution in [-0.4, -0.2) is 27.6 Å². The molecule has 6 heteroatoms. The van der Waals surface area contributed by atoms with Gasteiger partial charge in [0.25, 0.3) is 0 Å². The number of para-hydroxylation sites is 2. The van der Waals surface area contributed by atoms with Gasteiger partial charge in [0.05, 0.1) is 11.0 Å². The Labute approximate surface area is 405 Å². The maximum Gasteiger partial charge on any atom is 0.179 e. The summed E-state index contributed by atoms with van der Waals surface area (Å²) < 4.78 is 4.92. The van der Waals surface area contributed by atoms with Crippen LogP contribution in [0, 0.1) is 0 Å². The molecule has 0 aliphatic carbocycles. The van der Waals surface area contributed by atoms with Gasteiger partial charge in [-0.15, -0.1) is 11.3 Å². The number of rotatable bonds is 9. The summed E-state index contributed by atoms with van der Waals surface area (Å²) in [5.74, 6) is 1.86. The molecule has 13 aromatic rings. The first-order valence-electron chi connectivity index (χ1n) is 23.3. The monoisotopic (exact) mass is 914 g/mol. The number of aromatic nitrogens is 4. The van der Waals surface area contributed by atoms with Crippen LogP contribution in [0.1, 0.15) is 0 Å². The van der Waals surface area contributed by atoms with E-state index in [0.29, 0.717) is 17.5 Å². The maximum atomic E-state index is 5.30. The van der Waals surface area contributed by atoms with Crippen LogP contribution in [0.5, 0.6) is 0 Å². The highest BCUT2D eigenvalue weighted by Crippen LogP contribution is 2.38. The maximum absolute atomic E-state index is 5.30. The fourth-order valence-electron chi connectivity index (χ4n) is 10.4. The molecular weight excluding hydrogens is 873 g/mol. The van der Waals surface area contributed by atoms with Crippen molar-refractivity contribution in [1.29, 1.82) is 0 Å². The summed E-state index contributed by atoms with van der Waals surface area (Å²) in [5, 5.41) is 10.3. The molecule has 0 bridgehead atoms. The summed E-state index contributed by atoms with van der Waals surface area (Å²) in [6.45, 7) is 0. The van der Waals surface area contributed by atoms with Crippen LogP contribution < -0.4 is 20.7 Å². The van der Waals surface area contributed by atoms with Crippen LogP contribution in [0.2, 0.25) is 0 Å². The van der Waals surface area contributed by atoms with Gasteiger partial charge < -0.3 is 4.57 Å². The first kappa shape index (κ1) is 40.7. The molecular formula is C63H42N4SSi. The van der Waals surface area contributed by atoms with E-state index in [1.165, 1.54) is 62.7 Å². The van der Waals surface area contributed by atoms with E-state index >= 15 is 0 Å². The van der Waals surface area contributed by atoms with Gasteiger partial charge in [0.15, 0.2) is 25.5 Å². The number of nitrogens with zero attached hydrogens (tertiary/aromatic N) is 4. The normalized spacial score (nSPS) is 11.8. The van der Waals surface area contributed by atoms with Gasteiger partial charge in [0.1, 0.15) is 0 Å². The summed E-state index contributed by atoms with van der Waals surface area (Å²) >= 11 is 1.84. The van der Waals surface area contributed by atoms with Crippen molar-refractivity contribution in [3.8, 4) is 51.0 Å². The number of hydrogen-bond acceptors (Lipinski definition) is 4. The van der Waals surface area contributed by atoms with Crippen LogP contribution in [0.25, 0.3) is 93.0 Å². The molecule has 0 atom stereocenters. The third kappa shape index (κ3) is 7.00. The average Bonchev–Trinajstić information content (AvgIpc) is 3.98. The zero-order chi connectivity index (χ0) is 45.7. The summed E-state index contributed by atoms with van der Waals surface area (Å²) in [6.07, 6.45) is 0. The molecule has 3 heterocycles. The number of benzene rings is 10. The lowest BCUT2D eigenvalue weighted by molar-refractivity contribution is 1.07. The van der Waals surface area contributed by atoms with Gasteiger partial charge >= 0.3 is 0 Å². The van der Waals surface area contributed by atoms with Crippen molar-refractivity contribution >= 4 is 82.1 Å². The molecule has 0 unspecified atom stereocenters. The molecule has 13 rings (SSSR count). The van der Waals surface area contributed by atoms with Gasteiger partial charge in [-0.05, 0) is 92.5 Å². The molecule has 0 aliphatic heterocycles. The van der Waals surface area contributed by atoms with Crippen molar-refractivity contribution in [2.75, 3.05) is 0 Å². The summed E-state index contributed by atoms with van der Waals surface area (Å²) in [6, 6.07) is 92.1. The van der Waals surface area contributed by atoms with Crippen LogP contribution in [-0.2, 0) is 0 Å². The second-order valence-corrected chi connectivity index (χ2v) is 22.4. The van der Waals surface area contributed by atoms with Crippen LogP contribution in [0.3, 0.4) is 0 Å². The largest absolute Gasteiger partial charge is 0.309 e. The topological polar surface area (TPSA) is 43.6 Å². The van der Waals surface area contributed by atoms with Crippen molar-refractivity contribution in [1.82, 2.24) is 19.5 Å². The highest BCUT2D eigenvalue weighted by Gasteiger charge is 2.41. The van der Waals surface area contributed by atoms with E-state index in [9.17, 15) is 0 Å². The highest BCUT2D eigenvalue weighted by atomic mass is 32.1. The third-order valence-electron chi connectivity index (χ3n) is 13.6. The molecule has 0 N–H and O–H groups in total. The van der Waals surface area contributed by atoms with Crippen molar-refractivity contribution in [2.24, 2.45) is 0 Å². The molecule has 0 aliphatic rings. The van der Waals surface area contributed by atoms with Crippen molar-refractivity contribution in [3.63, 3.8) is 0 Å². The predicted molar refractivity (Wildman–Crippen MR) is 292 cm³/mol.